The summed E-state index contributed by atoms with van der Waals surface area (Å²) < 4.78 is 0. The number of imidazole rings is 1. The van der Waals surface area contributed by atoms with Crippen LogP contribution in [0.4, 0.5) is 0 Å². The van der Waals surface area contributed by atoms with Gasteiger partial charge in [0.25, 0.3) is 0 Å². The lowest BCUT2D eigenvalue weighted by Gasteiger charge is -1.89. The van der Waals surface area contributed by atoms with E-state index in [1.165, 1.54) is 0 Å². The highest BCUT2D eigenvalue weighted by Crippen LogP contribution is 2.11. The lowest BCUT2D eigenvalue weighted by atomic mass is 10.2. The number of hydrogen-bond acceptors (Lipinski definition) is 2. The molecule has 0 bridgehead atoms. The van der Waals surface area contributed by atoms with Crippen LogP contribution in [0.25, 0.3) is 11.0 Å². The van der Waals surface area contributed by atoms with Crippen molar-refractivity contribution in [3.63, 3.8) is 0 Å². The van der Waals surface area contributed by atoms with Gasteiger partial charge in [-0.15, -0.1) is 0 Å². The normalized spacial score (nSPS) is 11.3. The van der Waals surface area contributed by atoms with Crippen LogP contribution in [0.1, 0.15) is 19.2 Å². The van der Waals surface area contributed by atoms with E-state index in [0.29, 0.717) is 0 Å². The molecular formula is C13H14N2O. The van der Waals surface area contributed by atoms with E-state index in [0.717, 1.165) is 29.7 Å². The first-order valence-corrected chi connectivity index (χ1v) is 5.36. The number of para-hydroxylation sites is 2. The van der Waals surface area contributed by atoms with Gasteiger partial charge >= 0.3 is 0 Å². The predicted molar refractivity (Wildman–Crippen MR) is 64.2 cm³/mol. The van der Waals surface area contributed by atoms with Gasteiger partial charge in [0, 0.05) is 6.42 Å². The lowest BCUT2D eigenvalue weighted by Crippen LogP contribution is -1.87. The van der Waals surface area contributed by atoms with Crippen molar-refractivity contribution in [3.8, 4) is 0 Å². The van der Waals surface area contributed by atoms with Crippen molar-refractivity contribution in [3.05, 3.63) is 42.2 Å². The number of aromatic nitrogens is 2. The van der Waals surface area contributed by atoms with Gasteiger partial charge in [-0.2, -0.15) is 0 Å². The minimum Gasteiger partial charge on any atom is -0.342 e. The van der Waals surface area contributed by atoms with Gasteiger partial charge in [-0.25, -0.2) is 4.98 Å². The smallest absolute Gasteiger partial charge is 0.152 e. The van der Waals surface area contributed by atoms with Gasteiger partial charge in [-0.3, -0.25) is 4.79 Å². The number of aromatic amines is 1. The van der Waals surface area contributed by atoms with Crippen LogP contribution >= 0.6 is 0 Å². The quantitative estimate of drug-likeness (QED) is 0.795. The Morgan fingerprint density at radius 2 is 2.25 bits per heavy atom. The molecule has 0 amide bonds. The van der Waals surface area contributed by atoms with Gasteiger partial charge in [0.05, 0.1) is 11.0 Å². The second-order valence-corrected chi connectivity index (χ2v) is 3.75. The maximum absolute atomic E-state index is 10.7. The molecule has 1 N–H and O–H groups in total. The fourth-order valence-corrected chi connectivity index (χ4v) is 1.59. The minimum absolute atomic E-state index is 0.0876. The van der Waals surface area contributed by atoms with Gasteiger partial charge in [0.1, 0.15) is 5.82 Å². The number of ketones is 1. The maximum Gasteiger partial charge on any atom is 0.152 e. The van der Waals surface area contributed by atoms with E-state index in [2.05, 4.69) is 9.97 Å². The highest BCUT2D eigenvalue weighted by atomic mass is 16.1. The van der Waals surface area contributed by atoms with Gasteiger partial charge in [-0.1, -0.05) is 18.2 Å². The molecule has 82 valence electrons. The molecule has 0 aliphatic heterocycles. The summed E-state index contributed by atoms with van der Waals surface area (Å²) in [5, 5.41) is 0. The number of nitrogens with one attached hydrogen (secondary N) is 1. The zero-order valence-corrected chi connectivity index (χ0v) is 9.23. The zero-order chi connectivity index (χ0) is 11.4. The van der Waals surface area contributed by atoms with E-state index in [1.54, 1.807) is 13.0 Å². The number of carbonyl (C=O) groups excluding carboxylic acids is 1. The number of carbonyl (C=O) groups is 1. The molecule has 1 aromatic heterocycles. The van der Waals surface area contributed by atoms with E-state index in [4.69, 9.17) is 0 Å². The van der Waals surface area contributed by atoms with E-state index in [-0.39, 0.29) is 5.78 Å². The van der Waals surface area contributed by atoms with Crippen LogP contribution in [-0.4, -0.2) is 15.8 Å². The molecule has 0 atom stereocenters. The molecule has 2 rings (SSSR count). The van der Waals surface area contributed by atoms with Gasteiger partial charge in [0.2, 0.25) is 0 Å². The molecule has 0 spiro atoms. The average molecular weight is 214 g/mol. The van der Waals surface area contributed by atoms with E-state index >= 15 is 0 Å². The number of benzene rings is 1. The first-order chi connectivity index (χ1) is 7.75. The second-order valence-electron chi connectivity index (χ2n) is 3.75. The van der Waals surface area contributed by atoms with Gasteiger partial charge in [-0.05, 0) is 31.6 Å². The van der Waals surface area contributed by atoms with Gasteiger partial charge in [0.15, 0.2) is 5.78 Å². The lowest BCUT2D eigenvalue weighted by molar-refractivity contribution is -0.112. The number of allylic oxidation sites excluding steroid dienone is 2. The summed E-state index contributed by atoms with van der Waals surface area (Å²) in [7, 11) is 0. The first kappa shape index (κ1) is 10.6. The molecule has 1 heterocycles. The summed E-state index contributed by atoms with van der Waals surface area (Å²) in [4.78, 5) is 18.4. The third kappa shape index (κ3) is 2.57. The molecule has 16 heavy (non-hydrogen) atoms. The summed E-state index contributed by atoms with van der Waals surface area (Å²) >= 11 is 0. The Hall–Kier alpha value is -1.90. The number of rotatable bonds is 4. The topological polar surface area (TPSA) is 45.8 Å². The van der Waals surface area contributed by atoms with Crippen LogP contribution in [-0.2, 0) is 11.2 Å². The van der Waals surface area contributed by atoms with Crippen LogP contribution in [0, 0.1) is 0 Å². The summed E-state index contributed by atoms with van der Waals surface area (Å²) in [6.45, 7) is 1.55. The van der Waals surface area contributed by atoms with Crippen molar-refractivity contribution in [1.29, 1.82) is 0 Å². The summed E-state index contributed by atoms with van der Waals surface area (Å²) in [5.41, 5.74) is 2.06. The average Bonchev–Trinajstić information content (AvgIpc) is 2.66. The number of H-pyrrole nitrogens is 1. The van der Waals surface area contributed by atoms with Crippen LogP contribution in [0.5, 0.6) is 0 Å². The highest BCUT2D eigenvalue weighted by molar-refractivity contribution is 5.87. The Morgan fingerprint density at radius 1 is 1.44 bits per heavy atom. The van der Waals surface area contributed by atoms with E-state index < -0.39 is 0 Å². The predicted octanol–water partition coefficient (Wildman–Crippen LogP) is 2.64. The van der Waals surface area contributed by atoms with Crippen LogP contribution < -0.4 is 0 Å². The molecule has 2 aromatic rings. The van der Waals surface area contributed by atoms with Crippen LogP contribution in [0.2, 0.25) is 0 Å². The molecule has 3 nitrogen and oxygen atoms in total. The molecule has 0 aliphatic carbocycles. The van der Waals surface area contributed by atoms with Crippen LogP contribution in [0.15, 0.2) is 36.4 Å². The Balaban J connectivity index is 2.02. The highest BCUT2D eigenvalue weighted by Gasteiger charge is 1.99. The minimum atomic E-state index is 0.0876. The summed E-state index contributed by atoms with van der Waals surface area (Å²) in [5.74, 6) is 1.05. The molecule has 0 fully saturated rings. The summed E-state index contributed by atoms with van der Waals surface area (Å²) in [6, 6.07) is 7.96. The van der Waals surface area contributed by atoms with Crippen LogP contribution in [0.3, 0.4) is 0 Å². The molecule has 3 heteroatoms. The summed E-state index contributed by atoms with van der Waals surface area (Å²) in [6.07, 6.45) is 5.15. The van der Waals surface area contributed by atoms with Gasteiger partial charge < -0.3 is 4.98 Å². The van der Waals surface area contributed by atoms with Crippen molar-refractivity contribution < 1.29 is 4.79 Å². The zero-order valence-electron chi connectivity index (χ0n) is 9.23. The number of fused-ring (bicyclic) bond motifs is 1. The monoisotopic (exact) mass is 214 g/mol. The first-order valence-electron chi connectivity index (χ1n) is 5.36. The Bertz CT molecular complexity index is 492. The SMILES string of the molecule is CC(=O)/C=C/CCc1nc2ccccc2[nH]1. The Kier molecular flexibility index (Phi) is 3.15. The standard InChI is InChI=1S/C13H14N2O/c1-10(16)6-2-5-9-13-14-11-7-3-4-8-12(11)15-13/h2-4,6-8H,5,9H2,1H3,(H,14,15)/b6-2+. The molecule has 0 unspecified atom stereocenters. The van der Waals surface area contributed by atoms with Crippen molar-refractivity contribution in [2.45, 2.75) is 19.8 Å². The maximum atomic E-state index is 10.7. The Morgan fingerprint density at radius 3 is 3.00 bits per heavy atom. The van der Waals surface area contributed by atoms with Crippen molar-refractivity contribution in [1.82, 2.24) is 9.97 Å². The second kappa shape index (κ2) is 4.75. The number of aryl methyl sites for hydroxylation is 1. The van der Waals surface area contributed by atoms with Crippen molar-refractivity contribution >= 4 is 16.8 Å². The van der Waals surface area contributed by atoms with Crippen molar-refractivity contribution in [2.75, 3.05) is 0 Å². The van der Waals surface area contributed by atoms with E-state index in [1.807, 2.05) is 30.3 Å². The molecule has 1 aromatic carbocycles. The molecule has 0 saturated heterocycles. The number of hydrogen-bond donors (Lipinski definition) is 1. The molecule has 0 aliphatic rings. The molecule has 0 saturated carbocycles. The third-order valence-electron chi connectivity index (χ3n) is 2.34. The largest absolute Gasteiger partial charge is 0.342 e. The number of nitrogens with zero attached hydrogens (tertiary/aromatic N) is 1. The molecular weight excluding hydrogens is 200 g/mol. The Labute approximate surface area is 94.2 Å². The van der Waals surface area contributed by atoms with Crippen molar-refractivity contribution in [2.24, 2.45) is 0 Å². The fourth-order valence-electron chi connectivity index (χ4n) is 1.59. The third-order valence-corrected chi connectivity index (χ3v) is 2.34. The fraction of sp³-hybridized carbons (Fsp3) is 0.231. The van der Waals surface area contributed by atoms with E-state index in [9.17, 15) is 4.79 Å². The molecule has 0 radical (unpaired) electrons.